The lowest BCUT2D eigenvalue weighted by Crippen LogP contribution is -1.97. The van der Waals surface area contributed by atoms with E-state index < -0.39 is 0 Å². The highest BCUT2D eigenvalue weighted by molar-refractivity contribution is 7.71. The van der Waals surface area contributed by atoms with Crippen LogP contribution in [0.3, 0.4) is 0 Å². The minimum Gasteiger partial charge on any atom is -0.299 e. The van der Waals surface area contributed by atoms with Crippen LogP contribution in [0.25, 0.3) is 11.5 Å². The number of rotatable bonds is 2. The Bertz CT molecular complexity index is 493. The maximum Gasteiger partial charge on any atom is 0.195 e. The van der Waals surface area contributed by atoms with Crippen LogP contribution in [0.4, 0.5) is 0 Å². The predicted molar refractivity (Wildman–Crippen MR) is 58.9 cm³/mol. The lowest BCUT2D eigenvalue weighted by atomic mass is 10.4. The van der Waals surface area contributed by atoms with E-state index in [2.05, 4.69) is 15.2 Å². The van der Waals surface area contributed by atoms with Gasteiger partial charge in [0, 0.05) is 11.9 Å². The summed E-state index contributed by atoms with van der Waals surface area (Å²) in [7, 11) is 0. The van der Waals surface area contributed by atoms with Crippen LogP contribution in [0.15, 0.2) is 5.38 Å². The van der Waals surface area contributed by atoms with Gasteiger partial charge in [0.05, 0.1) is 5.01 Å². The van der Waals surface area contributed by atoms with Gasteiger partial charge in [0.2, 0.25) is 0 Å². The minimum atomic E-state index is 0.646. The molecule has 2 aromatic heterocycles. The molecule has 0 saturated carbocycles. The molecule has 74 valence electrons. The number of aryl methyl sites for hydroxylation is 1. The van der Waals surface area contributed by atoms with E-state index in [0.717, 1.165) is 23.1 Å². The molecule has 0 aliphatic carbocycles. The molecule has 0 aliphatic heterocycles. The summed E-state index contributed by atoms with van der Waals surface area (Å²) in [6.07, 6.45) is 0. The van der Waals surface area contributed by atoms with Gasteiger partial charge in [-0.05, 0) is 26.1 Å². The van der Waals surface area contributed by atoms with E-state index in [1.807, 2.05) is 23.8 Å². The second-order valence-electron chi connectivity index (χ2n) is 2.85. The molecule has 0 spiro atoms. The Hall–Kier alpha value is -1.01. The number of thiazole rings is 1. The summed E-state index contributed by atoms with van der Waals surface area (Å²) in [5, 5.41) is 9.97. The molecule has 0 amide bonds. The summed E-state index contributed by atoms with van der Waals surface area (Å²) in [6, 6.07) is 0. The van der Waals surface area contributed by atoms with Crippen LogP contribution in [0.1, 0.15) is 11.9 Å². The molecule has 0 fully saturated rings. The maximum absolute atomic E-state index is 5.10. The molecule has 2 rings (SSSR count). The van der Waals surface area contributed by atoms with E-state index in [4.69, 9.17) is 12.2 Å². The SMILES string of the molecule is CCn1c(-c2csc(C)n2)n[nH]c1=S. The smallest absolute Gasteiger partial charge is 0.195 e. The van der Waals surface area contributed by atoms with E-state index in [-0.39, 0.29) is 0 Å². The zero-order valence-corrected chi connectivity index (χ0v) is 9.58. The quantitative estimate of drug-likeness (QED) is 0.800. The van der Waals surface area contributed by atoms with E-state index >= 15 is 0 Å². The first-order chi connectivity index (χ1) is 6.72. The van der Waals surface area contributed by atoms with E-state index in [9.17, 15) is 0 Å². The molecule has 0 aromatic carbocycles. The Morgan fingerprint density at radius 2 is 2.43 bits per heavy atom. The minimum absolute atomic E-state index is 0.646. The van der Waals surface area contributed by atoms with Crippen LogP contribution < -0.4 is 0 Å². The van der Waals surface area contributed by atoms with Crippen LogP contribution >= 0.6 is 23.6 Å². The third kappa shape index (κ3) is 1.51. The molecular weight excluding hydrogens is 216 g/mol. The molecule has 4 nitrogen and oxygen atoms in total. The second-order valence-corrected chi connectivity index (χ2v) is 4.30. The first-order valence-corrected chi connectivity index (χ1v) is 5.59. The largest absolute Gasteiger partial charge is 0.299 e. The van der Waals surface area contributed by atoms with Crippen molar-refractivity contribution >= 4 is 23.6 Å². The maximum atomic E-state index is 5.10. The number of nitrogens with zero attached hydrogens (tertiary/aromatic N) is 3. The van der Waals surface area contributed by atoms with Gasteiger partial charge in [-0.15, -0.1) is 11.3 Å². The average molecular weight is 226 g/mol. The van der Waals surface area contributed by atoms with Crippen molar-refractivity contribution < 1.29 is 0 Å². The fourth-order valence-corrected chi connectivity index (χ4v) is 2.13. The van der Waals surface area contributed by atoms with Crippen molar-refractivity contribution in [3.05, 3.63) is 15.2 Å². The molecule has 2 aromatic rings. The highest BCUT2D eigenvalue weighted by Gasteiger charge is 2.09. The summed E-state index contributed by atoms with van der Waals surface area (Å²) in [6.45, 7) is 4.82. The van der Waals surface area contributed by atoms with Gasteiger partial charge in [0.25, 0.3) is 0 Å². The first kappa shape index (κ1) is 9.54. The second kappa shape index (κ2) is 3.62. The average Bonchev–Trinajstić information content (AvgIpc) is 2.71. The number of aromatic nitrogens is 4. The molecule has 0 aliphatic rings. The normalized spacial score (nSPS) is 10.7. The van der Waals surface area contributed by atoms with Crippen molar-refractivity contribution in [2.45, 2.75) is 20.4 Å². The van der Waals surface area contributed by atoms with Gasteiger partial charge in [-0.3, -0.25) is 9.67 Å². The third-order valence-corrected chi connectivity index (χ3v) is 3.01. The molecule has 0 atom stereocenters. The van der Waals surface area contributed by atoms with Gasteiger partial charge in [-0.1, -0.05) is 0 Å². The van der Waals surface area contributed by atoms with E-state index in [1.165, 1.54) is 0 Å². The van der Waals surface area contributed by atoms with Crippen molar-refractivity contribution in [1.82, 2.24) is 19.7 Å². The van der Waals surface area contributed by atoms with Gasteiger partial charge in [-0.25, -0.2) is 4.98 Å². The summed E-state index contributed by atoms with van der Waals surface area (Å²) >= 11 is 6.71. The number of hydrogen-bond acceptors (Lipinski definition) is 4. The van der Waals surface area contributed by atoms with Crippen molar-refractivity contribution in [2.24, 2.45) is 0 Å². The van der Waals surface area contributed by atoms with Gasteiger partial charge in [0.1, 0.15) is 5.69 Å². The fraction of sp³-hybridized carbons (Fsp3) is 0.375. The van der Waals surface area contributed by atoms with Crippen LogP contribution in [0, 0.1) is 11.7 Å². The van der Waals surface area contributed by atoms with Crippen molar-refractivity contribution in [1.29, 1.82) is 0 Å². The van der Waals surface area contributed by atoms with Gasteiger partial charge in [0.15, 0.2) is 10.6 Å². The van der Waals surface area contributed by atoms with Gasteiger partial charge >= 0.3 is 0 Å². The number of H-pyrrole nitrogens is 1. The molecule has 2 heterocycles. The Balaban J connectivity index is 2.56. The molecule has 0 bridgehead atoms. The molecule has 0 unspecified atom stereocenters. The summed E-state index contributed by atoms with van der Waals surface area (Å²) in [5.74, 6) is 0.821. The monoisotopic (exact) mass is 226 g/mol. The fourth-order valence-electron chi connectivity index (χ4n) is 1.27. The van der Waals surface area contributed by atoms with Gasteiger partial charge in [-0.2, -0.15) is 5.10 Å². The van der Waals surface area contributed by atoms with Crippen molar-refractivity contribution in [3.63, 3.8) is 0 Å². The van der Waals surface area contributed by atoms with E-state index in [1.54, 1.807) is 11.3 Å². The number of nitrogens with one attached hydrogen (secondary N) is 1. The van der Waals surface area contributed by atoms with Crippen molar-refractivity contribution in [2.75, 3.05) is 0 Å². The van der Waals surface area contributed by atoms with Gasteiger partial charge < -0.3 is 0 Å². The summed E-state index contributed by atoms with van der Waals surface area (Å²) < 4.78 is 2.58. The molecular formula is C8H10N4S2. The Morgan fingerprint density at radius 3 is 3.00 bits per heavy atom. The molecule has 6 heteroatoms. The zero-order chi connectivity index (χ0) is 10.1. The Morgan fingerprint density at radius 1 is 1.64 bits per heavy atom. The lowest BCUT2D eigenvalue weighted by molar-refractivity contribution is 0.754. The Kier molecular flexibility index (Phi) is 2.47. The Labute approximate surface area is 90.6 Å². The zero-order valence-electron chi connectivity index (χ0n) is 7.94. The highest BCUT2D eigenvalue weighted by Crippen LogP contribution is 2.19. The molecule has 0 saturated heterocycles. The van der Waals surface area contributed by atoms with Crippen LogP contribution in [0.5, 0.6) is 0 Å². The number of aromatic amines is 1. The molecule has 14 heavy (non-hydrogen) atoms. The van der Waals surface area contributed by atoms with Crippen LogP contribution in [0.2, 0.25) is 0 Å². The topological polar surface area (TPSA) is 46.5 Å². The first-order valence-electron chi connectivity index (χ1n) is 4.30. The lowest BCUT2D eigenvalue weighted by Gasteiger charge is -1.98. The third-order valence-electron chi connectivity index (χ3n) is 1.92. The van der Waals surface area contributed by atoms with Crippen LogP contribution in [-0.4, -0.2) is 19.7 Å². The molecule has 1 N–H and O–H groups in total. The van der Waals surface area contributed by atoms with Crippen molar-refractivity contribution in [3.8, 4) is 11.5 Å². The number of hydrogen-bond donors (Lipinski definition) is 1. The van der Waals surface area contributed by atoms with E-state index in [0.29, 0.717) is 4.77 Å². The predicted octanol–water partition coefficient (Wildman–Crippen LogP) is 2.39. The summed E-state index contributed by atoms with van der Waals surface area (Å²) in [4.78, 5) is 4.37. The standard InChI is InChI=1S/C8H10N4S2/c1-3-12-7(10-11-8(12)13)6-4-14-5(2)9-6/h4H,3H2,1-2H3,(H,11,13). The highest BCUT2D eigenvalue weighted by atomic mass is 32.1. The molecule has 0 radical (unpaired) electrons. The van der Waals surface area contributed by atoms with Crippen LogP contribution in [-0.2, 0) is 6.54 Å². The summed E-state index contributed by atoms with van der Waals surface area (Å²) in [5.41, 5.74) is 0.890.